The number of nitrogens with two attached hydrogens (primary N) is 1. The molecule has 0 radical (unpaired) electrons. The van der Waals surface area contributed by atoms with E-state index in [0.717, 1.165) is 31.5 Å². The molecule has 1 aliphatic rings. The minimum atomic E-state index is -3.87. The Morgan fingerprint density at radius 2 is 2.21 bits per heavy atom. The monoisotopic (exact) mass is 287 g/mol. The summed E-state index contributed by atoms with van der Waals surface area (Å²) in [4.78, 5) is 1.66. The van der Waals surface area contributed by atoms with Crippen LogP contribution in [-0.2, 0) is 10.0 Å². The normalized spacial score (nSPS) is 21.5. The molecule has 0 spiro atoms. The van der Waals surface area contributed by atoms with Crippen molar-refractivity contribution in [3.05, 3.63) is 24.0 Å². The summed E-state index contributed by atoms with van der Waals surface area (Å²) >= 11 is 0. The SMILES string of the molecule is CN1CCCC(NS(=O)(=O)c2cc(N)ccc2F)C1. The summed E-state index contributed by atoms with van der Waals surface area (Å²) < 4.78 is 40.5. The van der Waals surface area contributed by atoms with Crippen molar-refractivity contribution in [1.29, 1.82) is 0 Å². The summed E-state index contributed by atoms with van der Waals surface area (Å²) in [6.45, 7) is 1.58. The molecule has 1 aromatic carbocycles. The number of hydrogen-bond acceptors (Lipinski definition) is 4. The molecule has 1 saturated heterocycles. The fraction of sp³-hybridized carbons (Fsp3) is 0.500. The Kier molecular flexibility index (Phi) is 4.07. The van der Waals surface area contributed by atoms with Gasteiger partial charge in [0.05, 0.1) is 0 Å². The third-order valence-corrected chi connectivity index (χ3v) is 4.73. The van der Waals surface area contributed by atoms with Gasteiger partial charge < -0.3 is 10.6 Å². The van der Waals surface area contributed by atoms with E-state index in [2.05, 4.69) is 4.72 Å². The highest BCUT2D eigenvalue weighted by Gasteiger charge is 2.26. The molecule has 3 N–H and O–H groups in total. The number of rotatable bonds is 3. The molecule has 106 valence electrons. The van der Waals surface area contributed by atoms with Crippen LogP contribution in [0.3, 0.4) is 0 Å². The topological polar surface area (TPSA) is 75.4 Å². The van der Waals surface area contributed by atoms with Crippen molar-refractivity contribution in [3.63, 3.8) is 0 Å². The maximum atomic E-state index is 13.6. The summed E-state index contributed by atoms with van der Waals surface area (Å²) in [6, 6.07) is 3.36. The third-order valence-electron chi connectivity index (χ3n) is 3.19. The first-order valence-electron chi connectivity index (χ1n) is 6.14. The number of piperidine rings is 1. The number of hydrogen-bond donors (Lipinski definition) is 2. The summed E-state index contributed by atoms with van der Waals surface area (Å²) in [5.74, 6) is -0.786. The molecule has 7 heteroatoms. The lowest BCUT2D eigenvalue weighted by Gasteiger charge is -2.30. The molecule has 1 unspecified atom stereocenters. The Morgan fingerprint density at radius 3 is 2.89 bits per heavy atom. The largest absolute Gasteiger partial charge is 0.399 e. The van der Waals surface area contributed by atoms with Gasteiger partial charge in [0.2, 0.25) is 10.0 Å². The Balaban J connectivity index is 2.20. The van der Waals surface area contributed by atoms with Crippen LogP contribution in [0.5, 0.6) is 0 Å². The quantitative estimate of drug-likeness (QED) is 0.806. The predicted molar refractivity (Wildman–Crippen MR) is 71.7 cm³/mol. The maximum absolute atomic E-state index is 13.6. The van der Waals surface area contributed by atoms with Gasteiger partial charge in [0.15, 0.2) is 0 Å². The second kappa shape index (κ2) is 5.44. The molecule has 1 heterocycles. The van der Waals surface area contributed by atoms with Gasteiger partial charge in [-0.2, -0.15) is 0 Å². The molecule has 0 bridgehead atoms. The van der Waals surface area contributed by atoms with Gasteiger partial charge in [-0.1, -0.05) is 0 Å². The molecule has 0 saturated carbocycles. The van der Waals surface area contributed by atoms with E-state index in [1.807, 2.05) is 11.9 Å². The smallest absolute Gasteiger partial charge is 0.243 e. The van der Waals surface area contributed by atoms with E-state index in [1.165, 1.54) is 6.07 Å². The van der Waals surface area contributed by atoms with Gasteiger partial charge in [0.1, 0.15) is 10.7 Å². The van der Waals surface area contributed by atoms with Gasteiger partial charge in [0.25, 0.3) is 0 Å². The number of nitrogen functional groups attached to an aromatic ring is 1. The van der Waals surface area contributed by atoms with Crippen molar-refractivity contribution in [1.82, 2.24) is 9.62 Å². The molecular formula is C12H18FN3O2S. The second-order valence-corrected chi connectivity index (χ2v) is 6.59. The highest BCUT2D eigenvalue weighted by atomic mass is 32.2. The van der Waals surface area contributed by atoms with Crippen molar-refractivity contribution in [2.45, 2.75) is 23.8 Å². The third kappa shape index (κ3) is 3.43. The number of nitrogens with zero attached hydrogens (tertiary/aromatic N) is 1. The summed E-state index contributed by atoms with van der Waals surface area (Å²) in [5, 5.41) is 0. The van der Waals surface area contributed by atoms with E-state index in [-0.39, 0.29) is 16.6 Å². The van der Waals surface area contributed by atoms with Crippen LogP contribution >= 0.6 is 0 Å². The van der Waals surface area contributed by atoms with E-state index in [4.69, 9.17) is 5.73 Å². The van der Waals surface area contributed by atoms with Crippen molar-refractivity contribution in [2.75, 3.05) is 25.9 Å². The van der Waals surface area contributed by atoms with E-state index in [9.17, 15) is 12.8 Å². The predicted octanol–water partition coefficient (Wildman–Crippen LogP) is 0.780. The van der Waals surface area contributed by atoms with Crippen LogP contribution in [-0.4, -0.2) is 39.5 Å². The van der Waals surface area contributed by atoms with Gasteiger partial charge in [-0.15, -0.1) is 0 Å². The zero-order valence-corrected chi connectivity index (χ0v) is 11.6. The lowest BCUT2D eigenvalue weighted by atomic mass is 10.1. The van der Waals surface area contributed by atoms with Gasteiger partial charge in [0, 0.05) is 18.3 Å². The second-order valence-electron chi connectivity index (χ2n) is 4.91. The fourth-order valence-electron chi connectivity index (χ4n) is 2.27. The minimum Gasteiger partial charge on any atom is -0.399 e. The number of likely N-dealkylation sites (N-methyl/N-ethyl adjacent to an activating group) is 1. The lowest BCUT2D eigenvalue weighted by Crippen LogP contribution is -2.46. The summed E-state index contributed by atoms with van der Waals surface area (Å²) in [5.41, 5.74) is 5.74. The van der Waals surface area contributed by atoms with Gasteiger partial charge in [-0.3, -0.25) is 0 Å². The zero-order chi connectivity index (χ0) is 14.0. The molecular weight excluding hydrogens is 269 g/mol. The maximum Gasteiger partial charge on any atom is 0.243 e. The van der Waals surface area contributed by atoms with Crippen molar-refractivity contribution >= 4 is 15.7 Å². The molecule has 0 aromatic heterocycles. The summed E-state index contributed by atoms with van der Waals surface area (Å²) in [6.07, 6.45) is 1.68. The lowest BCUT2D eigenvalue weighted by molar-refractivity contribution is 0.242. The van der Waals surface area contributed by atoms with Crippen LogP contribution < -0.4 is 10.5 Å². The van der Waals surface area contributed by atoms with E-state index in [0.29, 0.717) is 6.54 Å². The van der Waals surface area contributed by atoms with Crippen LogP contribution in [0.25, 0.3) is 0 Å². The fourth-order valence-corrected chi connectivity index (χ4v) is 3.65. The Bertz CT molecular complexity index is 562. The first-order valence-corrected chi connectivity index (χ1v) is 7.63. The van der Waals surface area contributed by atoms with Crippen LogP contribution in [0.1, 0.15) is 12.8 Å². The number of benzene rings is 1. The molecule has 1 atom stereocenters. The number of nitrogens with one attached hydrogen (secondary N) is 1. The highest BCUT2D eigenvalue weighted by molar-refractivity contribution is 7.89. The van der Waals surface area contributed by atoms with E-state index >= 15 is 0 Å². The Labute approximate surface area is 112 Å². The molecule has 2 rings (SSSR count). The molecule has 0 aliphatic carbocycles. The first-order chi connectivity index (χ1) is 8.88. The standard InChI is InChI=1S/C12H18FN3O2S/c1-16-6-2-3-10(8-16)15-19(17,18)12-7-9(14)4-5-11(12)13/h4-5,7,10,15H,2-3,6,8,14H2,1H3. The molecule has 1 fully saturated rings. The average Bonchev–Trinajstić information content (AvgIpc) is 2.31. The van der Waals surface area contributed by atoms with Crippen molar-refractivity contribution in [3.8, 4) is 0 Å². The van der Waals surface area contributed by atoms with Crippen molar-refractivity contribution in [2.24, 2.45) is 0 Å². The highest BCUT2D eigenvalue weighted by Crippen LogP contribution is 2.19. The molecule has 5 nitrogen and oxygen atoms in total. The number of anilines is 1. The van der Waals surface area contributed by atoms with Gasteiger partial charge in [-0.05, 0) is 44.6 Å². The molecule has 1 aromatic rings. The molecule has 0 amide bonds. The number of likely N-dealkylation sites (tertiary alicyclic amines) is 1. The number of sulfonamides is 1. The molecule has 19 heavy (non-hydrogen) atoms. The van der Waals surface area contributed by atoms with Crippen LogP contribution in [0.2, 0.25) is 0 Å². The Morgan fingerprint density at radius 1 is 1.47 bits per heavy atom. The summed E-state index contributed by atoms with van der Waals surface area (Å²) in [7, 11) is -1.94. The van der Waals surface area contributed by atoms with E-state index < -0.39 is 15.8 Å². The van der Waals surface area contributed by atoms with Gasteiger partial charge in [-0.25, -0.2) is 17.5 Å². The number of halogens is 1. The van der Waals surface area contributed by atoms with E-state index in [1.54, 1.807) is 0 Å². The van der Waals surface area contributed by atoms with Crippen LogP contribution in [0.4, 0.5) is 10.1 Å². The van der Waals surface area contributed by atoms with Gasteiger partial charge >= 0.3 is 0 Å². The van der Waals surface area contributed by atoms with Crippen molar-refractivity contribution < 1.29 is 12.8 Å². The first kappa shape index (κ1) is 14.2. The Hall–Kier alpha value is -1.18. The van der Waals surface area contributed by atoms with Crippen LogP contribution in [0.15, 0.2) is 23.1 Å². The molecule has 1 aliphatic heterocycles. The average molecular weight is 287 g/mol. The van der Waals surface area contributed by atoms with Crippen LogP contribution in [0, 0.1) is 5.82 Å². The minimum absolute atomic E-state index is 0.190. The zero-order valence-electron chi connectivity index (χ0n) is 10.8.